The van der Waals surface area contributed by atoms with E-state index in [1.165, 1.54) is 0 Å². The van der Waals surface area contributed by atoms with Crippen LogP contribution < -0.4 is 15.0 Å². The predicted molar refractivity (Wildman–Crippen MR) is 85.1 cm³/mol. The van der Waals surface area contributed by atoms with Gasteiger partial charge < -0.3 is 15.0 Å². The van der Waals surface area contributed by atoms with Gasteiger partial charge >= 0.3 is 0 Å². The highest BCUT2D eigenvalue weighted by molar-refractivity contribution is 6.00. The van der Waals surface area contributed by atoms with Crippen LogP contribution >= 0.6 is 0 Å². The summed E-state index contributed by atoms with van der Waals surface area (Å²) in [5.74, 6) is 0.933. The molecule has 2 aliphatic rings. The second-order valence-corrected chi connectivity index (χ2v) is 6.67. The van der Waals surface area contributed by atoms with E-state index in [2.05, 4.69) is 5.32 Å². The first kappa shape index (κ1) is 14.9. The van der Waals surface area contributed by atoms with Crippen LogP contribution in [0.25, 0.3) is 0 Å². The first-order chi connectivity index (χ1) is 10.4. The summed E-state index contributed by atoms with van der Waals surface area (Å²) in [6, 6.07) is 5.49. The van der Waals surface area contributed by atoms with Crippen LogP contribution in [0.2, 0.25) is 0 Å². The normalized spacial score (nSPS) is 20.0. The van der Waals surface area contributed by atoms with Crippen LogP contribution in [-0.4, -0.2) is 25.0 Å². The van der Waals surface area contributed by atoms with E-state index < -0.39 is 5.41 Å². The van der Waals surface area contributed by atoms with Crippen molar-refractivity contribution >= 4 is 23.2 Å². The van der Waals surface area contributed by atoms with E-state index in [0.717, 1.165) is 24.2 Å². The highest BCUT2D eigenvalue weighted by Gasteiger charge is 2.37. The van der Waals surface area contributed by atoms with Gasteiger partial charge in [-0.1, -0.05) is 0 Å². The van der Waals surface area contributed by atoms with E-state index >= 15 is 0 Å². The van der Waals surface area contributed by atoms with Gasteiger partial charge in [-0.15, -0.1) is 0 Å². The molecule has 5 heteroatoms. The summed E-state index contributed by atoms with van der Waals surface area (Å²) in [6.07, 6.45) is 1.94. The summed E-state index contributed by atoms with van der Waals surface area (Å²) >= 11 is 0. The van der Waals surface area contributed by atoms with E-state index in [0.29, 0.717) is 18.9 Å². The van der Waals surface area contributed by atoms with Gasteiger partial charge in [-0.25, -0.2) is 0 Å². The molecule has 0 radical (unpaired) electrons. The molecular formula is C17H22N2O3. The molecule has 1 fully saturated rings. The third kappa shape index (κ3) is 2.67. The van der Waals surface area contributed by atoms with Crippen molar-refractivity contribution in [1.29, 1.82) is 0 Å². The number of rotatable bonds is 3. The molecule has 0 saturated heterocycles. The molecule has 1 saturated carbocycles. The van der Waals surface area contributed by atoms with Crippen LogP contribution in [0.15, 0.2) is 18.2 Å². The monoisotopic (exact) mass is 302 g/mol. The van der Waals surface area contributed by atoms with Gasteiger partial charge in [0.05, 0.1) is 11.1 Å². The SMILES string of the molecule is CCN1C(=O)C(C)(C)COc2cc(NC(=O)C3CC3)ccc21. The minimum absolute atomic E-state index is 0.0588. The molecule has 1 aliphatic carbocycles. The van der Waals surface area contributed by atoms with Gasteiger partial charge in [0.1, 0.15) is 12.4 Å². The lowest BCUT2D eigenvalue weighted by Gasteiger charge is -2.26. The van der Waals surface area contributed by atoms with Crippen LogP contribution in [-0.2, 0) is 9.59 Å². The number of nitrogens with zero attached hydrogens (tertiary/aromatic N) is 1. The second kappa shape index (κ2) is 5.30. The number of benzene rings is 1. The van der Waals surface area contributed by atoms with Gasteiger partial charge in [0.2, 0.25) is 11.8 Å². The second-order valence-electron chi connectivity index (χ2n) is 6.67. The average Bonchev–Trinajstić information content (AvgIpc) is 3.31. The van der Waals surface area contributed by atoms with E-state index in [4.69, 9.17) is 4.74 Å². The Balaban J connectivity index is 1.90. The minimum atomic E-state index is -0.563. The van der Waals surface area contributed by atoms with Crippen LogP contribution in [0, 0.1) is 11.3 Å². The Bertz CT molecular complexity index is 620. The lowest BCUT2D eigenvalue weighted by Crippen LogP contribution is -2.42. The molecule has 1 heterocycles. The lowest BCUT2D eigenvalue weighted by atomic mass is 9.93. The Labute approximate surface area is 130 Å². The fourth-order valence-corrected chi connectivity index (χ4v) is 2.63. The maximum absolute atomic E-state index is 12.6. The van der Waals surface area contributed by atoms with Crippen molar-refractivity contribution in [3.8, 4) is 5.75 Å². The van der Waals surface area contributed by atoms with Crippen molar-refractivity contribution in [3.05, 3.63) is 18.2 Å². The molecule has 1 aromatic rings. The van der Waals surface area contributed by atoms with E-state index in [-0.39, 0.29) is 17.7 Å². The summed E-state index contributed by atoms with van der Waals surface area (Å²) in [4.78, 5) is 26.2. The largest absolute Gasteiger partial charge is 0.490 e. The number of ether oxygens (including phenoxy) is 1. The Kier molecular flexibility index (Phi) is 3.59. The Morgan fingerprint density at radius 1 is 1.41 bits per heavy atom. The van der Waals surface area contributed by atoms with Crippen molar-refractivity contribution in [2.24, 2.45) is 11.3 Å². The zero-order chi connectivity index (χ0) is 15.9. The van der Waals surface area contributed by atoms with Gasteiger partial charge in [-0.2, -0.15) is 0 Å². The van der Waals surface area contributed by atoms with Gasteiger partial charge in [0, 0.05) is 24.2 Å². The lowest BCUT2D eigenvalue weighted by molar-refractivity contribution is -0.127. The molecule has 5 nitrogen and oxygen atoms in total. The molecule has 2 amide bonds. The zero-order valence-corrected chi connectivity index (χ0v) is 13.3. The molecule has 3 rings (SSSR count). The number of fused-ring (bicyclic) bond motifs is 1. The topological polar surface area (TPSA) is 58.6 Å². The van der Waals surface area contributed by atoms with Crippen molar-refractivity contribution in [2.45, 2.75) is 33.6 Å². The number of carbonyl (C=O) groups is 2. The van der Waals surface area contributed by atoms with Gasteiger partial charge in [-0.3, -0.25) is 9.59 Å². The molecule has 118 valence electrons. The highest BCUT2D eigenvalue weighted by Crippen LogP contribution is 2.38. The zero-order valence-electron chi connectivity index (χ0n) is 13.3. The van der Waals surface area contributed by atoms with Crippen LogP contribution in [0.3, 0.4) is 0 Å². The fourth-order valence-electron chi connectivity index (χ4n) is 2.63. The quantitative estimate of drug-likeness (QED) is 0.934. The number of hydrogen-bond donors (Lipinski definition) is 1. The van der Waals surface area contributed by atoms with Gasteiger partial charge in [-0.05, 0) is 45.7 Å². The minimum Gasteiger partial charge on any atom is -0.490 e. The fraction of sp³-hybridized carbons (Fsp3) is 0.529. The van der Waals surface area contributed by atoms with Crippen molar-refractivity contribution < 1.29 is 14.3 Å². The van der Waals surface area contributed by atoms with Crippen molar-refractivity contribution in [3.63, 3.8) is 0 Å². The summed E-state index contributed by atoms with van der Waals surface area (Å²) < 4.78 is 5.85. The summed E-state index contributed by atoms with van der Waals surface area (Å²) in [5, 5.41) is 2.92. The Hall–Kier alpha value is -2.04. The molecule has 0 unspecified atom stereocenters. The van der Waals surface area contributed by atoms with E-state index in [9.17, 15) is 9.59 Å². The highest BCUT2D eigenvalue weighted by atomic mass is 16.5. The molecule has 0 spiro atoms. The maximum Gasteiger partial charge on any atom is 0.236 e. The van der Waals surface area contributed by atoms with Crippen LogP contribution in [0.1, 0.15) is 33.6 Å². The number of anilines is 2. The predicted octanol–water partition coefficient (Wildman–Crippen LogP) is 2.81. The number of carbonyl (C=O) groups excluding carboxylic acids is 2. The van der Waals surface area contributed by atoms with E-state index in [1.807, 2.05) is 39.0 Å². The molecule has 1 aromatic carbocycles. The summed E-state index contributed by atoms with van der Waals surface area (Å²) in [5.41, 5.74) is 0.924. The maximum atomic E-state index is 12.6. The molecule has 0 bridgehead atoms. The third-order valence-corrected chi connectivity index (χ3v) is 4.20. The number of hydrogen-bond acceptors (Lipinski definition) is 3. The molecule has 1 N–H and O–H groups in total. The molecule has 1 aliphatic heterocycles. The summed E-state index contributed by atoms with van der Waals surface area (Å²) in [7, 11) is 0. The summed E-state index contributed by atoms with van der Waals surface area (Å²) in [6.45, 7) is 6.65. The number of amides is 2. The Morgan fingerprint density at radius 2 is 2.14 bits per heavy atom. The molecule has 22 heavy (non-hydrogen) atoms. The third-order valence-electron chi connectivity index (χ3n) is 4.20. The first-order valence-corrected chi connectivity index (χ1v) is 7.82. The van der Waals surface area contributed by atoms with E-state index in [1.54, 1.807) is 4.90 Å². The van der Waals surface area contributed by atoms with Crippen molar-refractivity contribution in [1.82, 2.24) is 0 Å². The van der Waals surface area contributed by atoms with Gasteiger partial charge in [0.25, 0.3) is 0 Å². The Morgan fingerprint density at radius 3 is 2.77 bits per heavy atom. The average molecular weight is 302 g/mol. The molecule has 0 aromatic heterocycles. The first-order valence-electron chi connectivity index (χ1n) is 7.82. The van der Waals surface area contributed by atoms with Crippen LogP contribution in [0.5, 0.6) is 5.75 Å². The van der Waals surface area contributed by atoms with Crippen molar-refractivity contribution in [2.75, 3.05) is 23.4 Å². The van der Waals surface area contributed by atoms with Crippen LogP contribution in [0.4, 0.5) is 11.4 Å². The smallest absolute Gasteiger partial charge is 0.236 e. The standard InChI is InChI=1S/C17H22N2O3/c1-4-19-13-8-7-12(18-15(20)11-5-6-11)9-14(13)22-10-17(2,3)16(19)21/h7-9,11H,4-6,10H2,1-3H3,(H,18,20). The number of nitrogens with one attached hydrogen (secondary N) is 1. The molecule has 0 atom stereocenters. The molecular weight excluding hydrogens is 280 g/mol. The van der Waals surface area contributed by atoms with Gasteiger partial charge in [0.15, 0.2) is 0 Å².